The second-order valence-corrected chi connectivity index (χ2v) is 5.07. The van der Waals surface area contributed by atoms with Crippen LogP contribution >= 0.6 is 0 Å². The average molecular weight is 324 g/mol. The van der Waals surface area contributed by atoms with E-state index in [0.29, 0.717) is 23.8 Å². The van der Waals surface area contributed by atoms with E-state index in [9.17, 15) is 4.79 Å². The van der Waals surface area contributed by atoms with E-state index in [1.54, 1.807) is 12.4 Å². The van der Waals surface area contributed by atoms with Crippen molar-refractivity contribution in [2.75, 3.05) is 19.0 Å². The molecule has 0 saturated carbocycles. The molecule has 7 heteroatoms. The second-order valence-electron chi connectivity index (χ2n) is 5.07. The van der Waals surface area contributed by atoms with Crippen LogP contribution in [-0.4, -0.2) is 34.7 Å². The van der Waals surface area contributed by atoms with Crippen LogP contribution in [0.25, 0.3) is 11.4 Å². The van der Waals surface area contributed by atoms with Gasteiger partial charge in [0, 0.05) is 30.8 Å². The van der Waals surface area contributed by atoms with Crippen molar-refractivity contribution in [3.63, 3.8) is 0 Å². The Kier molecular flexibility index (Phi) is 4.93. The SMILES string of the molecule is COCC(=O)Nc1ccccc1Cc1nc(-c2cccnc2)no1. The fourth-order valence-electron chi connectivity index (χ4n) is 2.22. The van der Waals surface area contributed by atoms with E-state index >= 15 is 0 Å². The van der Waals surface area contributed by atoms with Crippen LogP contribution in [-0.2, 0) is 16.0 Å². The molecule has 0 fully saturated rings. The van der Waals surface area contributed by atoms with Gasteiger partial charge in [-0.3, -0.25) is 9.78 Å². The standard InChI is InChI=1S/C17H16N4O3/c1-23-11-15(22)19-14-7-3-2-5-12(14)9-16-20-17(21-24-16)13-6-4-8-18-10-13/h2-8,10H,9,11H2,1H3,(H,19,22). The third kappa shape index (κ3) is 3.82. The Morgan fingerprint density at radius 1 is 1.25 bits per heavy atom. The zero-order chi connectivity index (χ0) is 16.8. The minimum Gasteiger partial charge on any atom is -0.375 e. The van der Waals surface area contributed by atoms with Gasteiger partial charge in [-0.25, -0.2) is 0 Å². The molecule has 1 N–H and O–H groups in total. The van der Waals surface area contributed by atoms with Gasteiger partial charge >= 0.3 is 0 Å². The van der Waals surface area contributed by atoms with Crippen LogP contribution < -0.4 is 5.32 Å². The van der Waals surface area contributed by atoms with Crippen LogP contribution in [0, 0.1) is 0 Å². The zero-order valence-electron chi connectivity index (χ0n) is 13.1. The number of nitrogens with one attached hydrogen (secondary N) is 1. The fraction of sp³-hybridized carbons (Fsp3) is 0.176. The van der Waals surface area contributed by atoms with Crippen LogP contribution in [0.15, 0.2) is 53.3 Å². The van der Waals surface area contributed by atoms with Gasteiger partial charge < -0.3 is 14.6 Å². The molecule has 2 aromatic heterocycles. The number of hydrogen-bond acceptors (Lipinski definition) is 6. The Balaban J connectivity index is 1.77. The third-order valence-electron chi connectivity index (χ3n) is 3.30. The van der Waals surface area contributed by atoms with Crippen molar-refractivity contribution < 1.29 is 14.1 Å². The molecule has 0 bridgehead atoms. The van der Waals surface area contributed by atoms with Gasteiger partial charge in [0.25, 0.3) is 0 Å². The van der Waals surface area contributed by atoms with Gasteiger partial charge in [0.05, 0.1) is 6.42 Å². The van der Waals surface area contributed by atoms with Crippen molar-refractivity contribution in [3.8, 4) is 11.4 Å². The number of amides is 1. The lowest BCUT2D eigenvalue weighted by atomic mass is 10.1. The number of anilines is 1. The Morgan fingerprint density at radius 3 is 2.92 bits per heavy atom. The molecule has 0 radical (unpaired) electrons. The maximum Gasteiger partial charge on any atom is 0.250 e. The maximum atomic E-state index is 11.7. The van der Waals surface area contributed by atoms with E-state index in [2.05, 4.69) is 20.4 Å². The highest BCUT2D eigenvalue weighted by molar-refractivity contribution is 5.92. The van der Waals surface area contributed by atoms with Crippen LogP contribution in [0.3, 0.4) is 0 Å². The summed E-state index contributed by atoms with van der Waals surface area (Å²) in [5.74, 6) is 0.729. The van der Waals surface area contributed by atoms with Crippen molar-refractivity contribution in [2.45, 2.75) is 6.42 Å². The summed E-state index contributed by atoms with van der Waals surface area (Å²) in [5.41, 5.74) is 2.36. The van der Waals surface area contributed by atoms with E-state index in [4.69, 9.17) is 9.26 Å². The minimum atomic E-state index is -0.216. The molecular weight excluding hydrogens is 308 g/mol. The van der Waals surface area contributed by atoms with E-state index in [-0.39, 0.29) is 12.5 Å². The van der Waals surface area contributed by atoms with Gasteiger partial charge in [0.2, 0.25) is 17.6 Å². The van der Waals surface area contributed by atoms with Gasteiger partial charge in [0.15, 0.2) is 0 Å². The summed E-state index contributed by atoms with van der Waals surface area (Å²) in [4.78, 5) is 20.1. The lowest BCUT2D eigenvalue weighted by molar-refractivity contribution is -0.119. The summed E-state index contributed by atoms with van der Waals surface area (Å²) in [5, 5.41) is 6.78. The van der Waals surface area contributed by atoms with E-state index in [1.807, 2.05) is 36.4 Å². The van der Waals surface area contributed by atoms with E-state index in [1.165, 1.54) is 7.11 Å². The monoisotopic (exact) mass is 324 g/mol. The van der Waals surface area contributed by atoms with Crippen molar-refractivity contribution in [1.82, 2.24) is 15.1 Å². The molecular formula is C17H16N4O3. The summed E-state index contributed by atoms with van der Waals surface area (Å²) in [6, 6.07) is 11.1. The highest BCUT2D eigenvalue weighted by atomic mass is 16.5. The molecule has 3 aromatic rings. The summed E-state index contributed by atoms with van der Waals surface area (Å²) in [7, 11) is 1.48. The van der Waals surface area contributed by atoms with E-state index < -0.39 is 0 Å². The molecule has 0 aliphatic heterocycles. The van der Waals surface area contributed by atoms with Crippen molar-refractivity contribution in [1.29, 1.82) is 0 Å². The van der Waals surface area contributed by atoms with Crippen LogP contribution in [0.4, 0.5) is 5.69 Å². The molecule has 2 heterocycles. The molecule has 24 heavy (non-hydrogen) atoms. The van der Waals surface area contributed by atoms with Gasteiger partial charge in [-0.05, 0) is 23.8 Å². The molecule has 3 rings (SSSR count). The Labute approximate surface area is 138 Å². The first-order valence-electron chi connectivity index (χ1n) is 7.36. The van der Waals surface area contributed by atoms with Crippen molar-refractivity contribution in [2.24, 2.45) is 0 Å². The Bertz CT molecular complexity index is 817. The number of methoxy groups -OCH3 is 1. The number of para-hydroxylation sites is 1. The first-order valence-corrected chi connectivity index (χ1v) is 7.36. The highest BCUT2D eigenvalue weighted by Crippen LogP contribution is 2.20. The largest absolute Gasteiger partial charge is 0.375 e. The Hall–Kier alpha value is -3.06. The summed E-state index contributed by atoms with van der Waals surface area (Å²) < 4.78 is 10.1. The number of aromatic nitrogens is 3. The number of benzene rings is 1. The summed E-state index contributed by atoms with van der Waals surface area (Å²) in [6.07, 6.45) is 3.77. The average Bonchev–Trinajstić information content (AvgIpc) is 3.06. The van der Waals surface area contributed by atoms with Gasteiger partial charge in [-0.1, -0.05) is 23.4 Å². The molecule has 0 saturated heterocycles. The molecule has 0 unspecified atom stereocenters. The molecule has 0 atom stereocenters. The van der Waals surface area contributed by atoms with Crippen molar-refractivity contribution in [3.05, 3.63) is 60.2 Å². The lowest BCUT2D eigenvalue weighted by Gasteiger charge is -2.09. The number of pyridine rings is 1. The molecule has 1 amide bonds. The number of carbonyl (C=O) groups is 1. The van der Waals surface area contributed by atoms with Crippen LogP contribution in [0.5, 0.6) is 0 Å². The molecule has 0 spiro atoms. The predicted molar refractivity (Wildman–Crippen MR) is 87.3 cm³/mol. The molecule has 1 aromatic carbocycles. The molecule has 0 aliphatic carbocycles. The topological polar surface area (TPSA) is 90.1 Å². The first kappa shape index (κ1) is 15.8. The van der Waals surface area contributed by atoms with Crippen LogP contribution in [0.2, 0.25) is 0 Å². The maximum absolute atomic E-state index is 11.7. The van der Waals surface area contributed by atoms with Gasteiger partial charge in [-0.2, -0.15) is 4.98 Å². The first-order chi connectivity index (χ1) is 11.8. The smallest absolute Gasteiger partial charge is 0.250 e. The quantitative estimate of drug-likeness (QED) is 0.748. The van der Waals surface area contributed by atoms with Crippen molar-refractivity contribution >= 4 is 11.6 Å². The second kappa shape index (κ2) is 7.47. The molecule has 7 nitrogen and oxygen atoms in total. The van der Waals surface area contributed by atoms with Crippen LogP contribution in [0.1, 0.15) is 11.5 Å². The summed E-state index contributed by atoms with van der Waals surface area (Å²) >= 11 is 0. The highest BCUT2D eigenvalue weighted by Gasteiger charge is 2.12. The zero-order valence-corrected chi connectivity index (χ0v) is 13.1. The third-order valence-corrected chi connectivity index (χ3v) is 3.30. The van der Waals surface area contributed by atoms with Gasteiger partial charge in [0.1, 0.15) is 6.61 Å². The fourth-order valence-corrected chi connectivity index (χ4v) is 2.22. The Morgan fingerprint density at radius 2 is 2.12 bits per heavy atom. The minimum absolute atomic E-state index is 0.0000468. The number of hydrogen-bond donors (Lipinski definition) is 1. The lowest BCUT2D eigenvalue weighted by Crippen LogP contribution is -2.18. The predicted octanol–water partition coefficient (Wildman–Crippen LogP) is 2.31. The van der Waals surface area contributed by atoms with E-state index in [0.717, 1.165) is 11.1 Å². The number of ether oxygens (including phenoxy) is 1. The molecule has 122 valence electrons. The summed E-state index contributed by atoms with van der Waals surface area (Å²) in [6.45, 7) is 0.0000468. The number of rotatable bonds is 6. The molecule has 0 aliphatic rings. The number of nitrogens with zero attached hydrogens (tertiary/aromatic N) is 3. The van der Waals surface area contributed by atoms with Gasteiger partial charge in [-0.15, -0.1) is 0 Å². The normalized spacial score (nSPS) is 10.5. The number of carbonyl (C=O) groups excluding carboxylic acids is 1.